The van der Waals surface area contributed by atoms with E-state index < -0.39 is 13.3 Å². The average molecular weight is 914 g/mol. The Labute approximate surface area is 320 Å². The van der Waals surface area contributed by atoms with Gasteiger partial charge in [0, 0.05) is 26.3 Å². The van der Waals surface area contributed by atoms with Gasteiger partial charge in [0.05, 0.1) is 0 Å². The van der Waals surface area contributed by atoms with E-state index in [9.17, 15) is 0 Å². The SMILES string of the molecule is Cc1nc(-c2ccccc2)cc2nc(-c3[c-]ccc4c3oc3c[c]([Ge]([CH3])([CH3])[CH3])ccc34)n(-c3ccccc3)c12.[Ir].[c-]1ccccc1-c1ccccn1. The number of furan rings is 1. The summed E-state index contributed by atoms with van der Waals surface area (Å²) in [5, 5.41) is 2.21. The van der Waals surface area contributed by atoms with Crippen molar-refractivity contribution in [1.82, 2.24) is 19.5 Å². The van der Waals surface area contributed by atoms with Gasteiger partial charge < -0.3 is 4.98 Å². The van der Waals surface area contributed by atoms with Crippen LogP contribution in [0.5, 0.6) is 0 Å². The Morgan fingerprint density at radius 1 is 0.673 bits per heavy atom. The number of hydrogen-bond acceptors (Lipinski definition) is 4. The number of rotatable bonds is 5. The monoisotopic (exact) mass is 915 g/mol. The average Bonchev–Trinajstić information content (AvgIpc) is 3.75. The minimum Gasteiger partial charge on any atom is -0.305 e. The van der Waals surface area contributed by atoms with Gasteiger partial charge in [-0.2, -0.15) is 0 Å². The Balaban J connectivity index is 0.000000275. The molecule has 0 N–H and O–H groups in total. The zero-order chi connectivity index (χ0) is 35.0. The molecule has 0 amide bonds. The number of aromatic nitrogens is 4. The molecule has 1 radical (unpaired) electrons. The maximum absolute atomic E-state index is 6.61. The molecule has 0 fully saturated rings. The van der Waals surface area contributed by atoms with E-state index in [2.05, 4.69) is 113 Å². The summed E-state index contributed by atoms with van der Waals surface area (Å²) in [7, 11) is 0. The summed E-state index contributed by atoms with van der Waals surface area (Å²) in [6.07, 6.45) is 1.79. The second-order valence-electron chi connectivity index (χ2n) is 13.6. The molecule has 0 unspecified atom stereocenters. The molecular weight excluding hydrogens is 877 g/mol. The molecule has 0 spiro atoms. The fourth-order valence-corrected chi connectivity index (χ4v) is 8.89. The predicted octanol–water partition coefficient (Wildman–Crippen LogP) is 10.9. The first kappa shape index (κ1) is 35.3. The molecule has 0 atom stereocenters. The van der Waals surface area contributed by atoms with Gasteiger partial charge in [-0.25, -0.2) is 0 Å². The molecule has 5 aromatic carbocycles. The van der Waals surface area contributed by atoms with Crippen molar-refractivity contribution in [2.45, 2.75) is 24.2 Å². The summed E-state index contributed by atoms with van der Waals surface area (Å²) in [6.45, 7) is 2.06. The van der Waals surface area contributed by atoms with Gasteiger partial charge in [0.25, 0.3) is 0 Å². The van der Waals surface area contributed by atoms with Crippen LogP contribution in [0, 0.1) is 19.1 Å². The Kier molecular flexibility index (Phi) is 10.1. The van der Waals surface area contributed by atoms with Crippen molar-refractivity contribution >= 4 is 50.6 Å². The molecule has 0 bridgehead atoms. The maximum atomic E-state index is 6.61. The minimum atomic E-state index is -2.01. The van der Waals surface area contributed by atoms with Gasteiger partial charge in [0.15, 0.2) is 0 Å². The molecule has 0 aliphatic rings. The molecule has 0 aliphatic carbocycles. The van der Waals surface area contributed by atoms with Gasteiger partial charge in [0.2, 0.25) is 0 Å². The van der Waals surface area contributed by atoms with Crippen LogP contribution in [0.3, 0.4) is 0 Å². The van der Waals surface area contributed by atoms with Crippen molar-refractivity contribution in [2.24, 2.45) is 0 Å². The van der Waals surface area contributed by atoms with E-state index in [-0.39, 0.29) is 20.1 Å². The Bertz CT molecular complexity index is 2580. The summed E-state index contributed by atoms with van der Waals surface area (Å²) >= 11 is -2.01. The number of hydrogen-bond donors (Lipinski definition) is 0. The minimum absolute atomic E-state index is 0. The van der Waals surface area contributed by atoms with Gasteiger partial charge >= 0.3 is 201 Å². The predicted molar refractivity (Wildman–Crippen MR) is 212 cm³/mol. The maximum Gasteiger partial charge on any atom is 0.0160 e. The van der Waals surface area contributed by atoms with Crippen LogP contribution in [0.2, 0.25) is 17.3 Å². The summed E-state index contributed by atoms with van der Waals surface area (Å²) < 4.78 is 10.2. The molecule has 0 saturated heterocycles. The van der Waals surface area contributed by atoms with Crippen LogP contribution in [0.25, 0.3) is 72.6 Å². The van der Waals surface area contributed by atoms with Crippen molar-refractivity contribution in [3.63, 3.8) is 0 Å². The number of fused-ring (bicyclic) bond motifs is 4. The first-order valence-electron chi connectivity index (χ1n) is 17.1. The summed E-state index contributed by atoms with van der Waals surface area (Å²) in [5.74, 6) is 8.02. The van der Waals surface area contributed by atoms with Crippen molar-refractivity contribution in [1.29, 1.82) is 0 Å². The van der Waals surface area contributed by atoms with Crippen LogP contribution in [-0.4, -0.2) is 32.8 Å². The molecule has 257 valence electrons. The first-order valence-corrected chi connectivity index (χ1v) is 24.5. The van der Waals surface area contributed by atoms with Crippen LogP contribution >= 0.6 is 0 Å². The molecule has 0 saturated carbocycles. The Hall–Kier alpha value is -5.14. The Morgan fingerprint density at radius 2 is 1.42 bits per heavy atom. The zero-order valence-corrected chi connectivity index (χ0v) is 33.9. The van der Waals surface area contributed by atoms with Gasteiger partial charge in [-0.15, -0.1) is 35.9 Å². The largest absolute Gasteiger partial charge is 0.305 e. The third-order valence-electron chi connectivity index (χ3n) is 9.07. The fraction of sp³-hybridized carbons (Fsp3) is 0.0889. The van der Waals surface area contributed by atoms with Gasteiger partial charge in [-0.1, -0.05) is 42.5 Å². The van der Waals surface area contributed by atoms with E-state index in [0.29, 0.717) is 0 Å². The molecular formula is C45H36GeIrN4O-2. The molecule has 7 heteroatoms. The third kappa shape index (κ3) is 6.90. The molecule has 52 heavy (non-hydrogen) atoms. The van der Waals surface area contributed by atoms with E-state index in [0.717, 1.165) is 78.3 Å². The standard InChI is InChI=1S/C34H28GeN3O.C11H8N.Ir/c1-22-32-30(21-29(36-22)23-12-7-5-8-13-23)37-34(38(32)25-14-9-6-10-15-25)28-17-11-16-27-26-19-18-24(35(2,3)4)20-31(26)39-33(27)28;1-2-6-10(7-3-1)11-8-4-5-9-12-11;/h5-16,18-21H,1-4H3;1-6,8-9H;/q2*-1;. The first-order chi connectivity index (χ1) is 24.8. The van der Waals surface area contributed by atoms with Crippen LogP contribution in [-0.2, 0) is 20.1 Å². The summed E-state index contributed by atoms with van der Waals surface area (Å²) in [4.78, 5) is 14.4. The molecule has 4 heterocycles. The van der Waals surface area contributed by atoms with Crippen molar-refractivity contribution in [3.8, 4) is 39.6 Å². The second-order valence-corrected chi connectivity index (χ2v) is 24.2. The number of para-hydroxylation sites is 1. The topological polar surface area (TPSA) is 56.7 Å². The molecule has 9 rings (SSSR count). The van der Waals surface area contributed by atoms with Crippen LogP contribution in [0.15, 0.2) is 150 Å². The van der Waals surface area contributed by atoms with Crippen molar-refractivity contribution in [2.75, 3.05) is 0 Å². The van der Waals surface area contributed by atoms with Gasteiger partial charge in [-0.05, 0) is 11.8 Å². The van der Waals surface area contributed by atoms with E-state index in [1.54, 1.807) is 6.20 Å². The summed E-state index contributed by atoms with van der Waals surface area (Å²) in [5.41, 5.74) is 10.4. The van der Waals surface area contributed by atoms with E-state index >= 15 is 0 Å². The van der Waals surface area contributed by atoms with Crippen LogP contribution in [0.1, 0.15) is 5.69 Å². The number of pyridine rings is 2. The zero-order valence-electron chi connectivity index (χ0n) is 29.4. The number of imidazole rings is 1. The van der Waals surface area contributed by atoms with E-state index in [1.165, 1.54) is 4.40 Å². The smallest absolute Gasteiger partial charge is 0.0160 e. The molecule has 5 nitrogen and oxygen atoms in total. The van der Waals surface area contributed by atoms with Crippen molar-refractivity contribution in [3.05, 3.63) is 164 Å². The van der Waals surface area contributed by atoms with E-state index in [4.69, 9.17) is 14.4 Å². The second kappa shape index (κ2) is 14.8. The van der Waals surface area contributed by atoms with E-state index in [1.807, 2.05) is 72.8 Å². The normalized spacial score (nSPS) is 11.3. The number of nitrogens with zero attached hydrogens (tertiary/aromatic N) is 4. The van der Waals surface area contributed by atoms with Crippen molar-refractivity contribution < 1.29 is 24.5 Å². The quantitative estimate of drug-likeness (QED) is 0.128. The number of aryl methyl sites for hydroxylation is 1. The molecule has 9 aromatic rings. The van der Waals surface area contributed by atoms with Gasteiger partial charge in [-0.3, -0.25) is 0 Å². The summed E-state index contributed by atoms with van der Waals surface area (Å²) in [6, 6.07) is 53.8. The van der Waals surface area contributed by atoms with Crippen LogP contribution in [0.4, 0.5) is 0 Å². The Morgan fingerprint density at radius 3 is 2.13 bits per heavy atom. The van der Waals surface area contributed by atoms with Crippen LogP contribution < -0.4 is 4.40 Å². The van der Waals surface area contributed by atoms with Gasteiger partial charge in [0.1, 0.15) is 0 Å². The molecule has 0 aliphatic heterocycles. The number of benzene rings is 5. The fourth-order valence-electron chi connectivity index (χ4n) is 6.48. The third-order valence-corrected chi connectivity index (χ3v) is 13.4. The molecule has 4 aromatic heterocycles.